The predicted molar refractivity (Wildman–Crippen MR) is 87.0 cm³/mol. The summed E-state index contributed by atoms with van der Waals surface area (Å²) in [5, 5.41) is 10.6. The predicted octanol–water partition coefficient (Wildman–Crippen LogP) is 2.65. The second-order valence-corrected chi connectivity index (χ2v) is 5.91. The maximum absolute atomic E-state index is 11.3. The van der Waals surface area contributed by atoms with Crippen molar-refractivity contribution in [3.05, 3.63) is 47.2 Å². The fraction of sp³-hybridized carbons (Fsp3) is 0.353. The number of aromatic amines is 1. The minimum atomic E-state index is -0.947. The molecule has 6 nitrogen and oxygen atoms in total. The molecular formula is C17H19N3O3. The van der Waals surface area contributed by atoms with E-state index in [0.717, 1.165) is 10.9 Å². The van der Waals surface area contributed by atoms with Gasteiger partial charge in [-0.3, -0.25) is 0 Å². The molecule has 0 saturated heterocycles. The molecular weight excluding hydrogens is 294 g/mol. The summed E-state index contributed by atoms with van der Waals surface area (Å²) >= 11 is 0. The quantitative estimate of drug-likeness (QED) is 0.635. The van der Waals surface area contributed by atoms with E-state index in [-0.39, 0.29) is 18.1 Å². The van der Waals surface area contributed by atoms with E-state index in [0.29, 0.717) is 17.8 Å². The van der Waals surface area contributed by atoms with Gasteiger partial charge in [-0.25, -0.2) is 9.83 Å². The van der Waals surface area contributed by atoms with Crippen LogP contribution in [0.1, 0.15) is 26.3 Å². The van der Waals surface area contributed by atoms with Crippen molar-refractivity contribution in [3.8, 4) is 5.75 Å². The van der Waals surface area contributed by atoms with E-state index < -0.39 is 5.60 Å². The number of pyridine rings is 1. The molecule has 23 heavy (non-hydrogen) atoms. The first-order valence-electron chi connectivity index (χ1n) is 7.20. The molecule has 0 fully saturated rings. The number of ether oxygens (including phenoxy) is 1. The van der Waals surface area contributed by atoms with E-state index in [2.05, 4.69) is 14.8 Å². The monoisotopic (exact) mass is 313 g/mol. The van der Waals surface area contributed by atoms with Crippen molar-refractivity contribution in [2.24, 2.45) is 0 Å². The minimum absolute atomic E-state index is 0.113. The molecule has 0 aliphatic carbocycles. The third kappa shape index (κ3) is 4.18. The van der Waals surface area contributed by atoms with Gasteiger partial charge in [0.1, 0.15) is 18.0 Å². The van der Waals surface area contributed by atoms with Crippen LogP contribution in [0.5, 0.6) is 5.75 Å². The number of aliphatic hydroxyl groups is 1. The smallest absolute Gasteiger partial charge is 0.225 e. The molecule has 2 heterocycles. The Labute approximate surface area is 134 Å². The first-order valence-corrected chi connectivity index (χ1v) is 7.20. The Hall–Kier alpha value is -2.65. The van der Waals surface area contributed by atoms with Gasteiger partial charge in [0.15, 0.2) is 5.78 Å². The number of H-pyrrole nitrogens is 1. The number of rotatable bonds is 6. The number of ketones is 1. The van der Waals surface area contributed by atoms with Crippen molar-refractivity contribution in [1.29, 1.82) is 0 Å². The van der Waals surface area contributed by atoms with Crippen molar-refractivity contribution < 1.29 is 14.6 Å². The van der Waals surface area contributed by atoms with Gasteiger partial charge in [0.05, 0.1) is 17.6 Å². The summed E-state index contributed by atoms with van der Waals surface area (Å²) < 4.78 is 5.71. The standard InChI is InChI=1S/C17H19N3O3/c1-11(21)13(18-4)6-5-12-9-20-16-15(12)14(7-8-19-16)23-10-17(2,3)22/h6-9,22H,5,10H2,1-3H3,(H,19,20)/b13-6-. The van der Waals surface area contributed by atoms with Gasteiger partial charge in [-0.2, -0.15) is 0 Å². The van der Waals surface area contributed by atoms with Gasteiger partial charge in [0.25, 0.3) is 0 Å². The van der Waals surface area contributed by atoms with Crippen LogP contribution in [0.25, 0.3) is 15.9 Å². The number of aromatic nitrogens is 2. The number of carbonyl (C=O) groups is 1. The molecule has 0 radical (unpaired) electrons. The van der Waals surface area contributed by atoms with Gasteiger partial charge in [0.2, 0.25) is 5.70 Å². The topological polar surface area (TPSA) is 79.6 Å². The van der Waals surface area contributed by atoms with Crippen LogP contribution in [0.4, 0.5) is 0 Å². The van der Waals surface area contributed by atoms with Gasteiger partial charge in [0, 0.05) is 12.4 Å². The number of Topliss-reactive ketones (excluding diaryl/α,β-unsaturated/α-hetero) is 1. The second kappa shape index (κ2) is 6.63. The van der Waals surface area contributed by atoms with Crippen LogP contribution in [-0.4, -0.2) is 33.1 Å². The molecule has 2 aromatic rings. The van der Waals surface area contributed by atoms with E-state index in [1.165, 1.54) is 6.92 Å². The highest BCUT2D eigenvalue weighted by atomic mass is 16.5. The van der Waals surface area contributed by atoms with Crippen LogP contribution in [0.3, 0.4) is 0 Å². The maximum Gasteiger partial charge on any atom is 0.225 e. The maximum atomic E-state index is 11.3. The Bertz CT molecular complexity index is 791. The molecule has 6 heteroatoms. The van der Waals surface area contributed by atoms with E-state index in [1.54, 1.807) is 38.4 Å². The molecule has 0 saturated carbocycles. The average Bonchev–Trinajstić information content (AvgIpc) is 2.88. The second-order valence-electron chi connectivity index (χ2n) is 5.91. The Morgan fingerprint density at radius 3 is 2.91 bits per heavy atom. The molecule has 0 spiro atoms. The zero-order valence-electron chi connectivity index (χ0n) is 13.4. The SMILES string of the molecule is [C-]#[N+]/C(=C\Cc1c[nH]c2nccc(OCC(C)(C)O)c12)C(C)=O. The number of carbonyl (C=O) groups excluding carboxylic acids is 1. The molecule has 0 aliphatic rings. The van der Waals surface area contributed by atoms with Crippen LogP contribution >= 0.6 is 0 Å². The van der Waals surface area contributed by atoms with Gasteiger partial charge >= 0.3 is 0 Å². The zero-order chi connectivity index (χ0) is 17.0. The van der Waals surface area contributed by atoms with Crippen molar-refractivity contribution in [2.45, 2.75) is 32.8 Å². The number of allylic oxidation sites excluding steroid dienone is 2. The van der Waals surface area contributed by atoms with Crippen molar-refractivity contribution >= 4 is 16.8 Å². The normalized spacial score (nSPS) is 12.2. The third-order valence-corrected chi connectivity index (χ3v) is 3.19. The largest absolute Gasteiger partial charge is 0.490 e. The lowest BCUT2D eigenvalue weighted by molar-refractivity contribution is -0.113. The van der Waals surface area contributed by atoms with Crippen LogP contribution < -0.4 is 4.74 Å². The Kier molecular flexibility index (Phi) is 4.82. The summed E-state index contributed by atoms with van der Waals surface area (Å²) in [6.07, 6.45) is 5.43. The third-order valence-electron chi connectivity index (χ3n) is 3.19. The summed E-state index contributed by atoms with van der Waals surface area (Å²) in [6, 6.07) is 1.73. The van der Waals surface area contributed by atoms with Gasteiger partial charge in [-0.1, -0.05) is 6.08 Å². The summed E-state index contributed by atoms with van der Waals surface area (Å²) in [7, 11) is 0. The van der Waals surface area contributed by atoms with Crippen molar-refractivity contribution in [1.82, 2.24) is 9.97 Å². The first-order chi connectivity index (χ1) is 10.8. The highest BCUT2D eigenvalue weighted by Crippen LogP contribution is 2.28. The van der Waals surface area contributed by atoms with Crippen LogP contribution in [-0.2, 0) is 11.2 Å². The molecule has 0 unspecified atom stereocenters. The lowest BCUT2D eigenvalue weighted by atomic mass is 10.1. The average molecular weight is 313 g/mol. The number of nitrogens with zero attached hydrogens (tertiary/aromatic N) is 2. The van der Waals surface area contributed by atoms with Gasteiger partial charge in [-0.15, -0.1) is 0 Å². The minimum Gasteiger partial charge on any atom is -0.490 e. The van der Waals surface area contributed by atoms with Crippen molar-refractivity contribution in [2.75, 3.05) is 6.61 Å². The van der Waals surface area contributed by atoms with Crippen LogP contribution in [0.15, 0.2) is 30.2 Å². The van der Waals surface area contributed by atoms with E-state index in [9.17, 15) is 9.90 Å². The Balaban J connectivity index is 2.35. The Morgan fingerprint density at radius 2 is 2.30 bits per heavy atom. The molecule has 0 bridgehead atoms. The van der Waals surface area contributed by atoms with Crippen LogP contribution in [0.2, 0.25) is 0 Å². The highest BCUT2D eigenvalue weighted by molar-refractivity contribution is 5.95. The van der Waals surface area contributed by atoms with E-state index in [4.69, 9.17) is 11.3 Å². The summed E-state index contributed by atoms with van der Waals surface area (Å²) in [6.45, 7) is 11.9. The van der Waals surface area contributed by atoms with Gasteiger partial charge < -0.3 is 19.6 Å². The zero-order valence-corrected chi connectivity index (χ0v) is 13.4. The summed E-state index contributed by atoms with van der Waals surface area (Å²) in [5.41, 5.74) is 0.704. The van der Waals surface area contributed by atoms with Gasteiger partial charge in [-0.05, 0) is 38.8 Å². The molecule has 0 amide bonds. The van der Waals surface area contributed by atoms with E-state index >= 15 is 0 Å². The fourth-order valence-electron chi connectivity index (χ4n) is 2.10. The van der Waals surface area contributed by atoms with Crippen molar-refractivity contribution in [3.63, 3.8) is 0 Å². The van der Waals surface area contributed by atoms with E-state index in [1.807, 2.05) is 0 Å². The summed E-state index contributed by atoms with van der Waals surface area (Å²) in [4.78, 5) is 21.8. The highest BCUT2D eigenvalue weighted by Gasteiger charge is 2.16. The molecule has 0 aromatic carbocycles. The first kappa shape index (κ1) is 16.7. The molecule has 2 N–H and O–H groups in total. The molecule has 120 valence electrons. The molecule has 2 rings (SSSR count). The number of hydrogen-bond acceptors (Lipinski definition) is 4. The molecule has 0 aliphatic heterocycles. The lowest BCUT2D eigenvalue weighted by Gasteiger charge is -2.18. The Morgan fingerprint density at radius 1 is 1.57 bits per heavy atom. The molecule has 2 aromatic heterocycles. The molecule has 0 atom stereocenters. The number of nitrogens with one attached hydrogen (secondary N) is 1. The fourth-order valence-corrected chi connectivity index (χ4v) is 2.10. The number of hydrogen-bond donors (Lipinski definition) is 2. The van der Waals surface area contributed by atoms with Crippen LogP contribution in [0, 0.1) is 6.57 Å². The number of fused-ring (bicyclic) bond motifs is 1. The summed E-state index contributed by atoms with van der Waals surface area (Å²) in [5.74, 6) is 0.352. The lowest BCUT2D eigenvalue weighted by Crippen LogP contribution is -2.27.